The first-order valence-electron chi connectivity index (χ1n) is 15.0. The van der Waals surface area contributed by atoms with Crippen molar-refractivity contribution in [2.24, 2.45) is 11.8 Å². The van der Waals surface area contributed by atoms with Crippen LogP contribution in [-0.4, -0.2) is 9.97 Å². The van der Waals surface area contributed by atoms with Gasteiger partial charge in [-0.15, -0.1) is 0 Å². The van der Waals surface area contributed by atoms with Gasteiger partial charge in [0.1, 0.15) is 0 Å². The average Bonchev–Trinajstić information content (AvgIpc) is 2.94. The molecular formula is C35H50N2. The van der Waals surface area contributed by atoms with Crippen molar-refractivity contribution in [3.8, 4) is 11.4 Å². The summed E-state index contributed by atoms with van der Waals surface area (Å²) in [5, 5.41) is 0. The zero-order valence-corrected chi connectivity index (χ0v) is 24.0. The number of benzene rings is 2. The SMILES string of the molecule is CCCCCC1CCC(C(C)c2cnc(-c3ccccc3)nc2)CC1.CCCCCc1cccc(C)c1. The van der Waals surface area contributed by atoms with Crippen LogP contribution in [0.25, 0.3) is 11.4 Å². The van der Waals surface area contributed by atoms with Crippen molar-refractivity contribution in [1.29, 1.82) is 0 Å². The van der Waals surface area contributed by atoms with Crippen LogP contribution in [0.5, 0.6) is 0 Å². The molecule has 0 radical (unpaired) electrons. The molecule has 3 aromatic rings. The number of hydrogen-bond acceptors (Lipinski definition) is 2. The lowest BCUT2D eigenvalue weighted by Gasteiger charge is -2.32. The van der Waals surface area contributed by atoms with Crippen LogP contribution in [-0.2, 0) is 6.42 Å². The largest absolute Gasteiger partial charge is 0.236 e. The summed E-state index contributed by atoms with van der Waals surface area (Å²) in [7, 11) is 0. The summed E-state index contributed by atoms with van der Waals surface area (Å²) in [5.74, 6) is 3.18. The molecule has 4 rings (SSSR count). The Kier molecular flexibility index (Phi) is 12.9. The molecule has 1 aromatic heterocycles. The summed E-state index contributed by atoms with van der Waals surface area (Å²) < 4.78 is 0. The molecule has 2 aromatic carbocycles. The normalized spacial score (nSPS) is 18.1. The Balaban J connectivity index is 0.000000266. The van der Waals surface area contributed by atoms with Gasteiger partial charge in [-0.25, -0.2) is 9.97 Å². The van der Waals surface area contributed by atoms with Crippen molar-refractivity contribution in [3.05, 3.63) is 83.7 Å². The van der Waals surface area contributed by atoms with Crippen LogP contribution >= 0.6 is 0 Å². The van der Waals surface area contributed by atoms with E-state index in [4.69, 9.17) is 0 Å². The van der Waals surface area contributed by atoms with E-state index in [-0.39, 0.29) is 0 Å². The Morgan fingerprint density at radius 1 is 0.784 bits per heavy atom. The lowest BCUT2D eigenvalue weighted by molar-refractivity contribution is 0.236. The molecule has 200 valence electrons. The highest BCUT2D eigenvalue weighted by Gasteiger charge is 2.26. The molecule has 1 aliphatic carbocycles. The zero-order valence-electron chi connectivity index (χ0n) is 24.0. The summed E-state index contributed by atoms with van der Waals surface area (Å²) in [5.41, 5.74) is 5.26. The van der Waals surface area contributed by atoms with Crippen molar-refractivity contribution in [2.75, 3.05) is 0 Å². The molecule has 1 unspecified atom stereocenters. The standard InChI is InChI=1S/C23H32N2.C12H18/c1-3-4-6-9-19-12-14-20(15-13-19)18(2)22-16-24-23(25-17-22)21-10-7-5-8-11-21;1-3-4-5-8-12-9-6-7-11(2)10-12/h5,7-8,10-11,16-20H,3-4,6,9,12-15H2,1-2H3;6-7,9-10H,3-5,8H2,1-2H3. The van der Waals surface area contributed by atoms with Crippen molar-refractivity contribution in [2.45, 2.75) is 111 Å². The molecule has 37 heavy (non-hydrogen) atoms. The third-order valence-electron chi connectivity index (χ3n) is 8.20. The van der Waals surface area contributed by atoms with E-state index in [0.29, 0.717) is 5.92 Å². The minimum Gasteiger partial charge on any atom is -0.236 e. The molecule has 1 saturated carbocycles. The molecule has 0 spiro atoms. The fraction of sp³-hybridized carbons (Fsp3) is 0.543. The van der Waals surface area contributed by atoms with Crippen LogP contribution in [0.15, 0.2) is 67.0 Å². The van der Waals surface area contributed by atoms with Gasteiger partial charge < -0.3 is 0 Å². The molecule has 1 heterocycles. The van der Waals surface area contributed by atoms with Crippen LogP contribution in [0.1, 0.15) is 114 Å². The van der Waals surface area contributed by atoms with Gasteiger partial charge in [0.05, 0.1) is 0 Å². The second-order valence-electron chi connectivity index (χ2n) is 11.2. The minimum atomic E-state index is 0.571. The summed E-state index contributed by atoms with van der Waals surface area (Å²) in [6.45, 7) is 9.06. The van der Waals surface area contributed by atoms with Gasteiger partial charge >= 0.3 is 0 Å². The molecule has 0 amide bonds. The molecule has 0 saturated heterocycles. The van der Waals surface area contributed by atoms with E-state index in [1.165, 1.54) is 93.7 Å². The van der Waals surface area contributed by atoms with E-state index in [1.807, 2.05) is 30.6 Å². The molecule has 2 heteroatoms. The Labute approximate surface area is 227 Å². The third-order valence-corrected chi connectivity index (χ3v) is 8.20. The summed E-state index contributed by atoms with van der Waals surface area (Å²) in [6.07, 6.45) is 20.5. The van der Waals surface area contributed by atoms with Crippen molar-refractivity contribution in [1.82, 2.24) is 9.97 Å². The van der Waals surface area contributed by atoms with E-state index in [9.17, 15) is 0 Å². The second-order valence-corrected chi connectivity index (χ2v) is 11.2. The van der Waals surface area contributed by atoms with Crippen LogP contribution in [0.2, 0.25) is 0 Å². The molecule has 1 aliphatic rings. The fourth-order valence-electron chi connectivity index (χ4n) is 5.69. The van der Waals surface area contributed by atoms with E-state index in [2.05, 4.69) is 74.1 Å². The number of unbranched alkanes of at least 4 members (excludes halogenated alkanes) is 4. The molecule has 0 bridgehead atoms. The Morgan fingerprint density at radius 3 is 2.11 bits per heavy atom. The van der Waals surface area contributed by atoms with Gasteiger partial charge in [-0.05, 0) is 61.5 Å². The van der Waals surface area contributed by atoms with Gasteiger partial charge in [0.25, 0.3) is 0 Å². The smallest absolute Gasteiger partial charge is 0.159 e. The van der Waals surface area contributed by atoms with Crippen molar-refractivity contribution < 1.29 is 0 Å². The minimum absolute atomic E-state index is 0.571. The van der Waals surface area contributed by atoms with Gasteiger partial charge in [-0.3, -0.25) is 0 Å². The maximum atomic E-state index is 4.62. The average molecular weight is 499 g/mol. The van der Waals surface area contributed by atoms with Crippen molar-refractivity contribution >= 4 is 0 Å². The monoisotopic (exact) mass is 498 g/mol. The lowest BCUT2D eigenvalue weighted by Crippen LogP contribution is -2.19. The molecule has 2 nitrogen and oxygen atoms in total. The quantitative estimate of drug-likeness (QED) is 0.246. The van der Waals surface area contributed by atoms with Crippen LogP contribution in [0.4, 0.5) is 0 Å². The lowest BCUT2D eigenvalue weighted by atomic mass is 9.73. The van der Waals surface area contributed by atoms with Crippen LogP contribution in [0, 0.1) is 18.8 Å². The summed E-state index contributed by atoms with van der Waals surface area (Å²) >= 11 is 0. The van der Waals surface area contributed by atoms with Gasteiger partial charge in [0.2, 0.25) is 0 Å². The first-order valence-corrected chi connectivity index (χ1v) is 15.0. The first kappa shape index (κ1) is 29.1. The number of hydrogen-bond donors (Lipinski definition) is 0. The van der Waals surface area contributed by atoms with Crippen LogP contribution < -0.4 is 0 Å². The fourth-order valence-corrected chi connectivity index (χ4v) is 5.69. The van der Waals surface area contributed by atoms with Gasteiger partial charge in [-0.1, -0.05) is 132 Å². The predicted octanol–water partition coefficient (Wildman–Crippen LogP) is 10.4. The molecule has 0 aliphatic heterocycles. The molecule has 1 fully saturated rings. The maximum absolute atomic E-state index is 4.62. The highest BCUT2D eigenvalue weighted by molar-refractivity contribution is 5.54. The summed E-state index contributed by atoms with van der Waals surface area (Å²) in [4.78, 5) is 9.24. The van der Waals surface area contributed by atoms with E-state index in [0.717, 1.165) is 23.2 Å². The Bertz CT molecular complexity index is 987. The predicted molar refractivity (Wildman–Crippen MR) is 160 cm³/mol. The third kappa shape index (κ3) is 10.1. The number of rotatable bonds is 11. The maximum Gasteiger partial charge on any atom is 0.159 e. The van der Waals surface area contributed by atoms with E-state index in [1.54, 1.807) is 0 Å². The number of aromatic nitrogens is 2. The highest BCUT2D eigenvalue weighted by Crippen LogP contribution is 2.39. The van der Waals surface area contributed by atoms with E-state index < -0.39 is 0 Å². The molecular weight excluding hydrogens is 448 g/mol. The van der Waals surface area contributed by atoms with Crippen molar-refractivity contribution in [3.63, 3.8) is 0 Å². The number of aryl methyl sites for hydroxylation is 2. The molecule has 1 atom stereocenters. The van der Waals surface area contributed by atoms with Gasteiger partial charge in [-0.2, -0.15) is 0 Å². The number of nitrogens with zero attached hydrogens (tertiary/aromatic N) is 2. The first-order chi connectivity index (χ1) is 18.1. The van der Waals surface area contributed by atoms with Gasteiger partial charge in [0.15, 0.2) is 5.82 Å². The highest BCUT2D eigenvalue weighted by atomic mass is 14.9. The second kappa shape index (κ2) is 16.4. The topological polar surface area (TPSA) is 25.8 Å². The van der Waals surface area contributed by atoms with Crippen LogP contribution in [0.3, 0.4) is 0 Å². The Hall–Kier alpha value is -2.48. The molecule has 0 N–H and O–H groups in total. The van der Waals surface area contributed by atoms with Gasteiger partial charge in [0, 0.05) is 18.0 Å². The zero-order chi connectivity index (χ0) is 26.3. The van der Waals surface area contributed by atoms with E-state index >= 15 is 0 Å². The summed E-state index contributed by atoms with van der Waals surface area (Å²) in [6, 6.07) is 19.1. The Morgan fingerprint density at radius 2 is 1.46 bits per heavy atom.